The molecule has 5 nitrogen and oxygen atoms in total. The predicted octanol–water partition coefficient (Wildman–Crippen LogP) is 16.7. The minimum atomic E-state index is -4.86. The molecule has 0 fully saturated rings. The normalized spacial score (nSPS) is 12.0. The fourth-order valence-electron chi connectivity index (χ4n) is 8.57. The molecule has 3 heterocycles. The van der Waals surface area contributed by atoms with Gasteiger partial charge in [-0.3, -0.25) is 9.97 Å². The van der Waals surface area contributed by atoms with Crippen molar-refractivity contribution in [1.82, 2.24) is 14.5 Å². The summed E-state index contributed by atoms with van der Waals surface area (Å²) in [5.74, 6) is 0. The molecule has 3 aromatic heterocycles. The number of pyridine rings is 2. The molecular weight excluding hydrogens is 857 g/mol. The third-order valence-electron chi connectivity index (χ3n) is 11.5. The zero-order valence-electron chi connectivity index (χ0n) is 36.6. The van der Waals surface area contributed by atoms with Gasteiger partial charge < -0.3 is 14.4 Å². The Morgan fingerprint density at radius 3 is 1.06 bits per heavy atom. The Hall–Kier alpha value is -7.92. The van der Waals surface area contributed by atoms with Gasteiger partial charge in [0.1, 0.15) is 0 Å². The number of nitrogens with zero attached hydrogens (tertiary/aromatic N) is 5. The van der Waals surface area contributed by atoms with Gasteiger partial charge in [0.2, 0.25) is 0 Å². The van der Waals surface area contributed by atoms with Gasteiger partial charge in [0, 0.05) is 63.2 Å². The van der Waals surface area contributed by atoms with Crippen molar-refractivity contribution in [2.75, 3.05) is 9.80 Å². The van der Waals surface area contributed by atoms with Crippen LogP contribution >= 0.6 is 0 Å². The molecule has 334 valence electrons. The molecule has 0 aliphatic heterocycles. The lowest BCUT2D eigenvalue weighted by molar-refractivity contribution is -0.137. The highest BCUT2D eigenvalue weighted by molar-refractivity contribution is 5.84. The topological polar surface area (TPSA) is 37.2 Å². The summed E-state index contributed by atoms with van der Waals surface area (Å²) in [5.41, 5.74) is 3.49. The summed E-state index contributed by atoms with van der Waals surface area (Å²) in [6.45, 7) is 5.28. The molecule has 0 saturated heterocycles. The minimum absolute atomic E-state index is 0.106. The van der Waals surface area contributed by atoms with Crippen LogP contribution in [0.3, 0.4) is 0 Å². The summed E-state index contributed by atoms with van der Waals surface area (Å²) in [6, 6.07) is 52.5. The molecule has 9 aromatic rings. The zero-order valence-corrected chi connectivity index (χ0v) is 36.6. The Morgan fingerprint density at radius 2 is 0.731 bits per heavy atom. The van der Waals surface area contributed by atoms with Crippen LogP contribution in [0.1, 0.15) is 31.9 Å². The van der Waals surface area contributed by atoms with E-state index in [0.717, 1.165) is 34.4 Å². The van der Waals surface area contributed by atoms with Crippen LogP contribution in [-0.4, -0.2) is 14.5 Å². The molecule has 0 bridgehead atoms. The van der Waals surface area contributed by atoms with E-state index in [0.29, 0.717) is 22.7 Å². The Morgan fingerprint density at radius 1 is 0.373 bits per heavy atom. The van der Waals surface area contributed by atoms with E-state index in [-0.39, 0.29) is 33.9 Å². The van der Waals surface area contributed by atoms with Crippen LogP contribution < -0.4 is 9.80 Å². The van der Waals surface area contributed by atoms with Crippen LogP contribution in [0, 0.1) is 0 Å². The zero-order chi connectivity index (χ0) is 46.9. The number of hydrogen-bond acceptors (Lipinski definition) is 4. The molecule has 11 heteroatoms. The second-order valence-corrected chi connectivity index (χ2v) is 17.0. The lowest BCUT2D eigenvalue weighted by Crippen LogP contribution is -2.25. The van der Waals surface area contributed by atoms with Gasteiger partial charge in [0.25, 0.3) is 0 Å². The quantitative estimate of drug-likeness (QED) is 0.128. The number of benzene rings is 6. The van der Waals surface area contributed by atoms with Crippen LogP contribution in [0.5, 0.6) is 0 Å². The summed E-state index contributed by atoms with van der Waals surface area (Å²) in [4.78, 5) is 11.9. The van der Waals surface area contributed by atoms with Crippen LogP contribution in [0.4, 0.5) is 60.5 Å². The summed E-state index contributed by atoms with van der Waals surface area (Å²) in [7, 11) is 0. The standard InChI is InChI=1S/C56H43F6N5/c1-54(2,3)67-52(48-28-26-44(34-50(48)55(57,58)59)65(46-16-10-32-63-36-46)42-22-18-40(19-23-42)38-12-6-4-7-13-38)30-31-53(67)49-29-27-45(35-51(49)56(60,61)62)66(47-17-11-33-64-37-47)43-24-20-41(21-25-43)39-14-8-5-9-15-39/h4-37H,1-3H3. The molecule has 0 aliphatic rings. The lowest BCUT2D eigenvalue weighted by atomic mass is 9.98. The molecule has 67 heavy (non-hydrogen) atoms. The fraction of sp³-hybridized carbons (Fsp3) is 0.107. The monoisotopic (exact) mass is 899 g/mol. The van der Waals surface area contributed by atoms with Gasteiger partial charge in [-0.2, -0.15) is 26.3 Å². The average Bonchev–Trinajstić information content (AvgIpc) is 3.79. The maximum absolute atomic E-state index is 15.5. The molecule has 0 aliphatic carbocycles. The first kappa shape index (κ1) is 44.3. The predicted molar refractivity (Wildman–Crippen MR) is 256 cm³/mol. The van der Waals surface area contributed by atoms with E-state index in [1.54, 1.807) is 96.3 Å². The second-order valence-electron chi connectivity index (χ2n) is 17.0. The van der Waals surface area contributed by atoms with Gasteiger partial charge in [-0.05, 0) is 128 Å². The third kappa shape index (κ3) is 9.18. The molecule has 0 saturated carbocycles. The Balaban J connectivity index is 1.16. The van der Waals surface area contributed by atoms with Crippen LogP contribution in [0.2, 0.25) is 0 Å². The van der Waals surface area contributed by atoms with E-state index < -0.39 is 29.0 Å². The average molecular weight is 900 g/mol. The van der Waals surface area contributed by atoms with Crippen molar-refractivity contribution in [3.05, 3.63) is 218 Å². The highest BCUT2D eigenvalue weighted by Crippen LogP contribution is 2.48. The molecule has 0 atom stereocenters. The summed E-state index contributed by atoms with van der Waals surface area (Å²) in [5, 5.41) is 0. The van der Waals surface area contributed by atoms with E-state index in [1.807, 2.05) is 109 Å². The SMILES string of the molecule is CC(C)(C)n1c(-c2ccc(N(c3ccc(-c4ccccc4)cc3)c3cccnc3)cc2C(F)(F)F)ccc1-c1ccc(N(c2ccc(-c3ccccc3)cc2)c2cccnc2)cc1C(F)(F)F. The van der Waals surface area contributed by atoms with Gasteiger partial charge in [-0.25, -0.2) is 0 Å². The highest BCUT2D eigenvalue weighted by atomic mass is 19.4. The lowest BCUT2D eigenvalue weighted by Gasteiger charge is -2.31. The van der Waals surface area contributed by atoms with Crippen molar-refractivity contribution >= 4 is 34.1 Å². The minimum Gasteiger partial charge on any atom is -0.335 e. The number of hydrogen-bond donors (Lipinski definition) is 0. The Labute approximate surface area is 384 Å². The van der Waals surface area contributed by atoms with Gasteiger partial charge in [0.05, 0.1) is 34.9 Å². The van der Waals surface area contributed by atoms with Crippen molar-refractivity contribution in [2.45, 2.75) is 38.7 Å². The number of aromatic nitrogens is 3. The van der Waals surface area contributed by atoms with Crippen molar-refractivity contribution < 1.29 is 26.3 Å². The number of anilines is 6. The summed E-state index contributed by atoms with van der Waals surface area (Å²) < 4.78 is 94.6. The Kier molecular flexibility index (Phi) is 11.8. The van der Waals surface area contributed by atoms with Gasteiger partial charge in [0.15, 0.2) is 0 Å². The Bertz CT molecular complexity index is 2900. The van der Waals surface area contributed by atoms with Gasteiger partial charge in [-0.15, -0.1) is 0 Å². The largest absolute Gasteiger partial charge is 0.417 e. The molecule has 0 amide bonds. The third-order valence-corrected chi connectivity index (χ3v) is 11.5. The summed E-state index contributed by atoms with van der Waals surface area (Å²) in [6.07, 6.45) is -3.40. The van der Waals surface area contributed by atoms with Crippen LogP contribution in [-0.2, 0) is 17.9 Å². The highest BCUT2D eigenvalue weighted by Gasteiger charge is 2.39. The first-order valence-corrected chi connectivity index (χ1v) is 21.5. The van der Waals surface area contributed by atoms with Gasteiger partial charge in [-0.1, -0.05) is 97.1 Å². The maximum atomic E-state index is 15.5. The molecular formula is C56H43F6N5. The van der Waals surface area contributed by atoms with Crippen molar-refractivity contribution in [3.8, 4) is 44.8 Å². The van der Waals surface area contributed by atoms with Gasteiger partial charge >= 0.3 is 12.4 Å². The smallest absolute Gasteiger partial charge is 0.335 e. The molecule has 0 unspecified atom stereocenters. The first-order chi connectivity index (χ1) is 32.1. The number of rotatable bonds is 10. The van der Waals surface area contributed by atoms with Crippen LogP contribution in [0.15, 0.2) is 207 Å². The van der Waals surface area contributed by atoms with E-state index in [1.165, 1.54) is 24.3 Å². The van der Waals surface area contributed by atoms with Crippen molar-refractivity contribution in [2.24, 2.45) is 0 Å². The van der Waals surface area contributed by atoms with Crippen molar-refractivity contribution in [1.29, 1.82) is 0 Å². The molecule has 0 spiro atoms. The number of halogens is 6. The van der Waals surface area contributed by atoms with E-state index in [9.17, 15) is 0 Å². The van der Waals surface area contributed by atoms with Crippen LogP contribution in [0.25, 0.3) is 44.8 Å². The number of alkyl halides is 6. The first-order valence-electron chi connectivity index (χ1n) is 21.5. The fourth-order valence-corrected chi connectivity index (χ4v) is 8.57. The van der Waals surface area contributed by atoms with E-state index in [4.69, 9.17) is 0 Å². The molecule has 0 radical (unpaired) electrons. The molecule has 9 rings (SSSR count). The van der Waals surface area contributed by atoms with Crippen molar-refractivity contribution in [3.63, 3.8) is 0 Å². The second kappa shape index (κ2) is 17.8. The summed E-state index contributed by atoms with van der Waals surface area (Å²) >= 11 is 0. The maximum Gasteiger partial charge on any atom is 0.417 e. The van der Waals surface area contributed by atoms with E-state index in [2.05, 4.69) is 9.97 Å². The van der Waals surface area contributed by atoms with E-state index >= 15 is 26.3 Å². The molecule has 0 N–H and O–H groups in total. The molecule has 6 aromatic carbocycles.